The minimum atomic E-state index is -4.50. The minimum absolute atomic E-state index is 0.139. The van der Waals surface area contributed by atoms with Gasteiger partial charge in [0.25, 0.3) is 5.69 Å². The summed E-state index contributed by atoms with van der Waals surface area (Å²) in [6, 6.07) is 1.51. The van der Waals surface area contributed by atoms with E-state index in [1.54, 1.807) is 20.8 Å². The highest BCUT2D eigenvalue weighted by Crippen LogP contribution is 2.28. The van der Waals surface area contributed by atoms with Crippen LogP contribution in [0.15, 0.2) is 29.2 Å². The Labute approximate surface area is 214 Å². The highest BCUT2D eigenvalue weighted by molar-refractivity contribution is 7.89. The summed E-state index contributed by atoms with van der Waals surface area (Å²) in [5, 5.41) is 23.1. The van der Waals surface area contributed by atoms with E-state index in [-0.39, 0.29) is 19.4 Å². The van der Waals surface area contributed by atoms with E-state index in [9.17, 15) is 38.0 Å². The first-order chi connectivity index (χ1) is 17.2. The number of rotatable bonds is 10. The Hall–Kier alpha value is -3.30. The van der Waals surface area contributed by atoms with E-state index < -0.39 is 73.8 Å². The van der Waals surface area contributed by atoms with Crippen LogP contribution >= 0.6 is 0 Å². The predicted octanol–water partition coefficient (Wildman–Crippen LogP) is 0.681. The molecule has 1 aromatic rings. The molecule has 0 saturated carbocycles. The fourth-order valence-corrected chi connectivity index (χ4v) is 5.17. The third-order valence-electron chi connectivity index (χ3n) is 5.51. The zero-order valence-corrected chi connectivity index (χ0v) is 21.8. The molecule has 0 radical (unpaired) electrons. The first-order valence-electron chi connectivity index (χ1n) is 11.4. The standard InChI is InChI=1S/C22H32N4O10S/c1-22(2,3)36-21(30)24-15(13-23-37(33,34)18-8-6-5-7-16(18)26(31)32)19(28)25-14(11-12-27)9-10-17(25)20(29)35-4/h5-8,14-15,17,23,27H,9-13H2,1-4H3,(H,24,30)/t14-,15+,17+/m1/s1. The van der Waals surface area contributed by atoms with Crippen molar-refractivity contribution >= 4 is 33.7 Å². The smallest absolute Gasteiger partial charge is 0.408 e. The van der Waals surface area contributed by atoms with Gasteiger partial charge in [0, 0.05) is 25.3 Å². The van der Waals surface area contributed by atoms with Gasteiger partial charge in [-0.1, -0.05) is 12.1 Å². The minimum Gasteiger partial charge on any atom is -0.467 e. The molecule has 0 bridgehead atoms. The van der Waals surface area contributed by atoms with Crippen LogP contribution in [-0.4, -0.2) is 85.3 Å². The molecule has 1 aliphatic heterocycles. The van der Waals surface area contributed by atoms with Crippen LogP contribution in [0, 0.1) is 10.1 Å². The molecule has 0 aliphatic carbocycles. The topological polar surface area (TPSA) is 194 Å². The van der Waals surface area contributed by atoms with E-state index in [1.807, 2.05) is 0 Å². The summed E-state index contributed by atoms with van der Waals surface area (Å²) in [4.78, 5) is 49.5. The number of likely N-dealkylation sites (tertiary alicyclic amines) is 1. The summed E-state index contributed by atoms with van der Waals surface area (Å²) in [6.07, 6.45) is -0.277. The van der Waals surface area contributed by atoms with E-state index >= 15 is 0 Å². The number of nitro benzene ring substituents is 1. The number of aliphatic hydroxyl groups is 1. The Morgan fingerprint density at radius 3 is 2.46 bits per heavy atom. The van der Waals surface area contributed by atoms with Crippen LogP contribution in [0.3, 0.4) is 0 Å². The SMILES string of the molecule is COC(=O)[C@@H]1CC[C@H](CCO)N1C(=O)[C@H](CNS(=O)(=O)c1ccccc1[N+](=O)[O-])NC(=O)OC(C)(C)C. The van der Waals surface area contributed by atoms with Crippen LogP contribution in [-0.2, 0) is 29.1 Å². The second-order valence-electron chi connectivity index (χ2n) is 9.30. The van der Waals surface area contributed by atoms with Gasteiger partial charge >= 0.3 is 12.1 Å². The maximum absolute atomic E-state index is 13.6. The molecule has 1 heterocycles. The van der Waals surface area contributed by atoms with Gasteiger partial charge in [-0.3, -0.25) is 14.9 Å². The van der Waals surface area contributed by atoms with Gasteiger partial charge in [-0.25, -0.2) is 22.7 Å². The molecule has 3 atom stereocenters. The summed E-state index contributed by atoms with van der Waals surface area (Å²) >= 11 is 0. The van der Waals surface area contributed by atoms with Gasteiger partial charge in [-0.15, -0.1) is 0 Å². The van der Waals surface area contributed by atoms with Crippen molar-refractivity contribution in [2.24, 2.45) is 0 Å². The maximum atomic E-state index is 13.6. The summed E-state index contributed by atoms with van der Waals surface area (Å²) in [7, 11) is -3.35. The molecule has 0 spiro atoms. The van der Waals surface area contributed by atoms with Crippen LogP contribution in [0.4, 0.5) is 10.5 Å². The maximum Gasteiger partial charge on any atom is 0.408 e. The van der Waals surface area contributed by atoms with Gasteiger partial charge in [0.1, 0.15) is 17.7 Å². The van der Waals surface area contributed by atoms with Crippen molar-refractivity contribution in [1.82, 2.24) is 14.9 Å². The zero-order valence-electron chi connectivity index (χ0n) is 21.0. The van der Waals surface area contributed by atoms with Crippen LogP contribution < -0.4 is 10.0 Å². The molecule has 0 unspecified atom stereocenters. The molecule has 1 saturated heterocycles. The van der Waals surface area contributed by atoms with Gasteiger partial charge in [0.05, 0.1) is 12.0 Å². The second kappa shape index (κ2) is 12.3. The van der Waals surface area contributed by atoms with Gasteiger partial charge in [-0.05, 0) is 46.1 Å². The normalized spacial score (nSPS) is 18.7. The largest absolute Gasteiger partial charge is 0.467 e. The first-order valence-corrected chi connectivity index (χ1v) is 12.9. The van der Waals surface area contributed by atoms with Crippen LogP contribution in [0.5, 0.6) is 0 Å². The Morgan fingerprint density at radius 1 is 1.24 bits per heavy atom. The summed E-state index contributed by atoms with van der Waals surface area (Å²) < 4.78 is 38.0. The Bertz CT molecular complexity index is 1120. The quantitative estimate of drug-likeness (QED) is 0.214. The molecule has 15 heteroatoms. The van der Waals surface area contributed by atoms with Gasteiger partial charge in [0.15, 0.2) is 4.90 Å². The van der Waals surface area contributed by atoms with Crippen LogP contribution in [0.1, 0.15) is 40.0 Å². The number of nitro groups is 1. The third kappa shape index (κ3) is 7.84. The Balaban J connectivity index is 2.39. The van der Waals surface area contributed by atoms with Crippen molar-refractivity contribution in [3.63, 3.8) is 0 Å². The highest BCUT2D eigenvalue weighted by atomic mass is 32.2. The number of hydrogen-bond donors (Lipinski definition) is 3. The number of methoxy groups -OCH3 is 1. The molecule has 1 fully saturated rings. The summed E-state index contributed by atoms with van der Waals surface area (Å²) in [5.74, 6) is -1.52. The lowest BCUT2D eigenvalue weighted by Crippen LogP contribution is -2.58. The van der Waals surface area contributed by atoms with E-state index in [0.29, 0.717) is 6.42 Å². The monoisotopic (exact) mass is 544 g/mol. The van der Waals surface area contributed by atoms with Crippen molar-refractivity contribution in [3.8, 4) is 0 Å². The zero-order chi connectivity index (χ0) is 28.0. The number of nitrogens with zero attached hydrogens (tertiary/aromatic N) is 2. The molecule has 206 valence electrons. The molecule has 37 heavy (non-hydrogen) atoms. The molecule has 1 aliphatic rings. The van der Waals surface area contributed by atoms with Crippen LogP contribution in [0.2, 0.25) is 0 Å². The number of ether oxygens (including phenoxy) is 2. The third-order valence-corrected chi connectivity index (χ3v) is 6.98. The number of aliphatic hydroxyl groups excluding tert-OH is 1. The Morgan fingerprint density at radius 2 is 1.89 bits per heavy atom. The lowest BCUT2D eigenvalue weighted by atomic mass is 10.1. The first kappa shape index (κ1) is 29.9. The Kier molecular flexibility index (Phi) is 9.94. The lowest BCUT2D eigenvalue weighted by molar-refractivity contribution is -0.387. The number of carbonyl (C=O) groups excluding carboxylic acids is 3. The molecule has 0 aromatic heterocycles. The van der Waals surface area contributed by atoms with Gasteiger partial charge < -0.3 is 24.8 Å². The van der Waals surface area contributed by atoms with Gasteiger partial charge in [0.2, 0.25) is 15.9 Å². The van der Waals surface area contributed by atoms with Crippen molar-refractivity contribution in [2.75, 3.05) is 20.3 Å². The molecule has 14 nitrogen and oxygen atoms in total. The fourth-order valence-electron chi connectivity index (χ4n) is 3.95. The van der Waals surface area contributed by atoms with Gasteiger partial charge in [-0.2, -0.15) is 0 Å². The number of alkyl carbamates (subject to hydrolysis) is 1. The van der Waals surface area contributed by atoms with Crippen molar-refractivity contribution in [2.45, 2.75) is 68.7 Å². The van der Waals surface area contributed by atoms with Crippen molar-refractivity contribution < 1.29 is 42.3 Å². The number of benzene rings is 1. The number of sulfonamides is 1. The molecular formula is C22H32N4O10S. The fraction of sp³-hybridized carbons (Fsp3) is 0.591. The van der Waals surface area contributed by atoms with E-state index in [1.165, 1.54) is 17.0 Å². The molecule has 2 amide bonds. The average molecular weight is 545 g/mol. The molecule has 3 N–H and O–H groups in total. The summed E-state index contributed by atoms with van der Waals surface area (Å²) in [5.41, 5.74) is -1.62. The number of nitrogens with one attached hydrogen (secondary N) is 2. The number of esters is 1. The molecule has 2 rings (SSSR count). The highest BCUT2D eigenvalue weighted by Gasteiger charge is 2.44. The molecule has 1 aromatic carbocycles. The number of carbonyl (C=O) groups is 3. The summed E-state index contributed by atoms with van der Waals surface area (Å²) in [6.45, 7) is 3.78. The number of amides is 2. The predicted molar refractivity (Wildman–Crippen MR) is 129 cm³/mol. The van der Waals surface area contributed by atoms with E-state index in [2.05, 4.69) is 10.0 Å². The van der Waals surface area contributed by atoms with Crippen molar-refractivity contribution in [3.05, 3.63) is 34.4 Å². The number of para-hydroxylation sites is 1. The second-order valence-corrected chi connectivity index (χ2v) is 11.0. The lowest BCUT2D eigenvalue weighted by Gasteiger charge is -2.33. The molecular weight excluding hydrogens is 512 g/mol. The van der Waals surface area contributed by atoms with Crippen molar-refractivity contribution in [1.29, 1.82) is 0 Å². The van der Waals surface area contributed by atoms with Crippen LogP contribution in [0.25, 0.3) is 0 Å². The van der Waals surface area contributed by atoms with E-state index in [4.69, 9.17) is 9.47 Å². The average Bonchev–Trinajstić information content (AvgIpc) is 3.23. The van der Waals surface area contributed by atoms with E-state index in [0.717, 1.165) is 19.2 Å². The number of hydrogen-bond acceptors (Lipinski definition) is 10.